The second kappa shape index (κ2) is 7.84. The fraction of sp³-hybridized carbons (Fsp3) is 0.667. The third-order valence-electron chi connectivity index (χ3n) is 2.73. The van der Waals surface area contributed by atoms with Gasteiger partial charge in [0.1, 0.15) is 0 Å². The standard InChI is InChI=1S/C12H21ClN6O/c1-5-19(6-2)9(20)7-8-14-11-15-10(13)16-12(17-11)18(3)4/h5-8H2,1-4H3,(H,14,15,16,17). The van der Waals surface area contributed by atoms with Crippen molar-refractivity contribution in [2.75, 3.05) is 43.9 Å². The Balaban J connectivity index is 2.56. The third kappa shape index (κ3) is 4.80. The summed E-state index contributed by atoms with van der Waals surface area (Å²) in [5.74, 6) is 0.958. The van der Waals surface area contributed by atoms with Crippen LogP contribution in [0.1, 0.15) is 20.3 Å². The summed E-state index contributed by atoms with van der Waals surface area (Å²) in [6, 6.07) is 0. The molecular formula is C12H21ClN6O. The van der Waals surface area contributed by atoms with Crippen LogP contribution in [-0.4, -0.2) is 59.5 Å². The highest BCUT2D eigenvalue weighted by Gasteiger charge is 2.10. The van der Waals surface area contributed by atoms with Gasteiger partial charge in [0.05, 0.1) is 0 Å². The summed E-state index contributed by atoms with van der Waals surface area (Å²) in [4.78, 5) is 27.5. The molecule has 0 fully saturated rings. The number of anilines is 2. The molecule has 0 bridgehead atoms. The molecule has 0 unspecified atom stereocenters. The summed E-state index contributed by atoms with van der Waals surface area (Å²) in [6.07, 6.45) is 0.391. The number of nitrogens with one attached hydrogen (secondary N) is 1. The van der Waals surface area contributed by atoms with Gasteiger partial charge in [-0.15, -0.1) is 0 Å². The molecule has 20 heavy (non-hydrogen) atoms. The van der Waals surface area contributed by atoms with E-state index in [0.717, 1.165) is 13.1 Å². The van der Waals surface area contributed by atoms with Crippen LogP contribution >= 0.6 is 11.6 Å². The number of aromatic nitrogens is 3. The van der Waals surface area contributed by atoms with E-state index in [9.17, 15) is 4.79 Å². The Kier molecular flexibility index (Phi) is 6.44. The zero-order valence-electron chi connectivity index (χ0n) is 12.4. The third-order valence-corrected chi connectivity index (χ3v) is 2.90. The summed E-state index contributed by atoms with van der Waals surface area (Å²) >= 11 is 5.83. The minimum atomic E-state index is 0.107. The van der Waals surface area contributed by atoms with Gasteiger partial charge < -0.3 is 15.1 Å². The van der Waals surface area contributed by atoms with Crippen LogP contribution in [0.15, 0.2) is 0 Å². The van der Waals surface area contributed by atoms with E-state index in [-0.39, 0.29) is 11.2 Å². The average molecular weight is 301 g/mol. The normalized spacial score (nSPS) is 10.2. The van der Waals surface area contributed by atoms with E-state index in [2.05, 4.69) is 20.3 Å². The molecule has 1 rings (SSSR count). The summed E-state index contributed by atoms with van der Waals surface area (Å²) in [7, 11) is 3.64. The number of halogens is 1. The van der Waals surface area contributed by atoms with Crippen molar-refractivity contribution in [3.63, 3.8) is 0 Å². The van der Waals surface area contributed by atoms with Gasteiger partial charge in [-0.2, -0.15) is 15.0 Å². The first kappa shape index (κ1) is 16.4. The summed E-state index contributed by atoms with van der Waals surface area (Å²) in [6.45, 7) is 5.83. The van der Waals surface area contributed by atoms with E-state index < -0.39 is 0 Å². The van der Waals surface area contributed by atoms with Gasteiger partial charge in [0.25, 0.3) is 0 Å². The Hall–Kier alpha value is -1.63. The lowest BCUT2D eigenvalue weighted by Crippen LogP contribution is -2.31. The van der Waals surface area contributed by atoms with Gasteiger partial charge in [0, 0.05) is 40.2 Å². The van der Waals surface area contributed by atoms with E-state index in [4.69, 9.17) is 11.6 Å². The Morgan fingerprint density at radius 2 is 1.85 bits per heavy atom. The van der Waals surface area contributed by atoms with Crippen molar-refractivity contribution in [3.05, 3.63) is 5.28 Å². The molecule has 0 spiro atoms. The summed E-state index contributed by atoms with van der Waals surface area (Å²) in [5, 5.41) is 3.12. The molecule has 0 aromatic carbocycles. The van der Waals surface area contributed by atoms with Crippen LogP contribution in [0.5, 0.6) is 0 Å². The van der Waals surface area contributed by atoms with Gasteiger partial charge in [-0.05, 0) is 25.4 Å². The highest BCUT2D eigenvalue weighted by Crippen LogP contribution is 2.11. The maximum absolute atomic E-state index is 11.8. The number of amides is 1. The van der Waals surface area contributed by atoms with Gasteiger partial charge in [-0.1, -0.05) is 0 Å². The topological polar surface area (TPSA) is 74.2 Å². The molecule has 0 saturated carbocycles. The first-order chi connectivity index (χ1) is 9.47. The van der Waals surface area contributed by atoms with Crippen LogP contribution in [0.4, 0.5) is 11.9 Å². The van der Waals surface area contributed by atoms with Crippen molar-refractivity contribution in [3.8, 4) is 0 Å². The number of nitrogens with zero attached hydrogens (tertiary/aromatic N) is 5. The largest absolute Gasteiger partial charge is 0.354 e. The van der Waals surface area contributed by atoms with Crippen molar-refractivity contribution in [1.29, 1.82) is 0 Å². The molecule has 0 atom stereocenters. The van der Waals surface area contributed by atoms with E-state index in [1.807, 2.05) is 27.9 Å². The number of carbonyl (C=O) groups excluding carboxylic acids is 1. The van der Waals surface area contributed by atoms with Crippen LogP contribution in [-0.2, 0) is 4.79 Å². The second-order valence-electron chi connectivity index (χ2n) is 4.37. The molecule has 1 amide bonds. The smallest absolute Gasteiger partial charge is 0.230 e. The molecule has 1 heterocycles. The zero-order valence-corrected chi connectivity index (χ0v) is 13.1. The van der Waals surface area contributed by atoms with E-state index in [1.54, 1.807) is 9.80 Å². The van der Waals surface area contributed by atoms with Crippen molar-refractivity contribution in [2.24, 2.45) is 0 Å². The van der Waals surface area contributed by atoms with Crippen LogP contribution in [0.25, 0.3) is 0 Å². The maximum atomic E-state index is 11.8. The second-order valence-corrected chi connectivity index (χ2v) is 4.70. The minimum Gasteiger partial charge on any atom is -0.354 e. The van der Waals surface area contributed by atoms with Gasteiger partial charge >= 0.3 is 0 Å². The molecule has 7 nitrogen and oxygen atoms in total. The van der Waals surface area contributed by atoms with Crippen LogP contribution < -0.4 is 10.2 Å². The zero-order chi connectivity index (χ0) is 15.1. The predicted molar refractivity (Wildman–Crippen MR) is 80.2 cm³/mol. The monoisotopic (exact) mass is 300 g/mol. The molecule has 1 N–H and O–H groups in total. The van der Waals surface area contributed by atoms with E-state index in [1.165, 1.54) is 0 Å². The molecule has 112 valence electrons. The van der Waals surface area contributed by atoms with Gasteiger partial charge in [0.15, 0.2) is 0 Å². The Bertz CT molecular complexity index is 450. The Labute approximate surface area is 124 Å². The van der Waals surface area contributed by atoms with E-state index >= 15 is 0 Å². The Morgan fingerprint density at radius 1 is 1.20 bits per heavy atom. The van der Waals surface area contributed by atoms with Gasteiger partial charge in [-0.3, -0.25) is 4.79 Å². The molecule has 0 radical (unpaired) electrons. The summed E-state index contributed by atoms with van der Waals surface area (Å²) in [5.41, 5.74) is 0. The SMILES string of the molecule is CCN(CC)C(=O)CCNc1nc(Cl)nc(N(C)C)n1. The lowest BCUT2D eigenvalue weighted by atomic mass is 10.3. The number of carbonyl (C=O) groups is 1. The first-order valence-electron chi connectivity index (χ1n) is 6.58. The highest BCUT2D eigenvalue weighted by molar-refractivity contribution is 6.28. The van der Waals surface area contributed by atoms with Crippen molar-refractivity contribution >= 4 is 29.4 Å². The van der Waals surface area contributed by atoms with Crippen LogP contribution in [0.3, 0.4) is 0 Å². The fourth-order valence-electron chi connectivity index (χ4n) is 1.63. The fourth-order valence-corrected chi connectivity index (χ4v) is 1.79. The van der Waals surface area contributed by atoms with Gasteiger partial charge in [-0.25, -0.2) is 0 Å². The number of rotatable bonds is 7. The molecule has 1 aromatic rings. The highest BCUT2D eigenvalue weighted by atomic mass is 35.5. The molecular weight excluding hydrogens is 280 g/mol. The van der Waals surface area contributed by atoms with E-state index in [0.29, 0.717) is 24.9 Å². The van der Waals surface area contributed by atoms with Crippen molar-refractivity contribution < 1.29 is 4.79 Å². The molecule has 1 aromatic heterocycles. The molecule has 8 heteroatoms. The lowest BCUT2D eigenvalue weighted by molar-refractivity contribution is -0.130. The lowest BCUT2D eigenvalue weighted by Gasteiger charge is -2.18. The quantitative estimate of drug-likeness (QED) is 0.817. The van der Waals surface area contributed by atoms with Crippen LogP contribution in [0.2, 0.25) is 5.28 Å². The minimum absolute atomic E-state index is 0.107. The molecule has 0 aliphatic heterocycles. The predicted octanol–water partition coefficient (Wildman–Crippen LogP) is 1.26. The molecule has 0 aliphatic carbocycles. The maximum Gasteiger partial charge on any atom is 0.230 e. The average Bonchev–Trinajstić information content (AvgIpc) is 2.39. The number of hydrogen-bond donors (Lipinski definition) is 1. The van der Waals surface area contributed by atoms with Crippen molar-refractivity contribution in [2.45, 2.75) is 20.3 Å². The first-order valence-corrected chi connectivity index (χ1v) is 6.96. The molecule has 0 saturated heterocycles. The number of hydrogen-bond acceptors (Lipinski definition) is 6. The summed E-state index contributed by atoms with van der Waals surface area (Å²) < 4.78 is 0. The Morgan fingerprint density at radius 3 is 2.40 bits per heavy atom. The van der Waals surface area contributed by atoms with Crippen LogP contribution in [0, 0.1) is 0 Å². The van der Waals surface area contributed by atoms with Gasteiger partial charge in [0.2, 0.25) is 23.1 Å². The van der Waals surface area contributed by atoms with Crippen molar-refractivity contribution in [1.82, 2.24) is 19.9 Å². The molecule has 0 aliphatic rings.